The Hall–Kier alpha value is -2.57. The number of nitrogens with one attached hydrogen (secondary N) is 3. The summed E-state index contributed by atoms with van der Waals surface area (Å²) >= 11 is 0. The largest absolute Gasteiger partial charge is 0.484 e. The van der Waals surface area contributed by atoms with Gasteiger partial charge in [-0.25, -0.2) is 0 Å². The minimum atomic E-state index is -0.648. The number of carbonyl (C=O) groups excluding carboxylic acids is 3. The molecule has 1 rings (SSSR count). The summed E-state index contributed by atoms with van der Waals surface area (Å²) in [5.41, 5.74) is 0. The number of ether oxygens (including phenoxy) is 1. The molecule has 1 aromatic rings. The number of hydrogen-bond donors (Lipinski definition) is 3. The van der Waals surface area contributed by atoms with Gasteiger partial charge < -0.3 is 20.7 Å². The van der Waals surface area contributed by atoms with Crippen molar-refractivity contribution >= 4 is 17.7 Å². The number of rotatable bonds is 8. The van der Waals surface area contributed by atoms with Gasteiger partial charge in [0.2, 0.25) is 11.8 Å². The van der Waals surface area contributed by atoms with Gasteiger partial charge in [0.05, 0.1) is 6.54 Å². The lowest BCUT2D eigenvalue weighted by atomic mass is 10.3. The summed E-state index contributed by atoms with van der Waals surface area (Å²) in [7, 11) is 0. The van der Waals surface area contributed by atoms with Gasteiger partial charge in [0.25, 0.3) is 5.91 Å². The normalized spacial score (nSPS) is 11.2. The average molecular weight is 307 g/mol. The number of hydrogen-bond acceptors (Lipinski definition) is 4. The van der Waals surface area contributed by atoms with Crippen molar-refractivity contribution in [3.8, 4) is 5.75 Å². The van der Waals surface area contributed by atoms with Gasteiger partial charge in [-0.2, -0.15) is 0 Å². The summed E-state index contributed by atoms with van der Waals surface area (Å²) in [4.78, 5) is 34.6. The molecular weight excluding hydrogens is 286 g/mol. The highest BCUT2D eigenvalue weighted by Crippen LogP contribution is 2.07. The van der Waals surface area contributed by atoms with Gasteiger partial charge in [-0.05, 0) is 26.0 Å². The maximum absolute atomic E-state index is 11.6. The highest BCUT2D eigenvalue weighted by atomic mass is 16.5. The number of amides is 3. The second-order valence-corrected chi connectivity index (χ2v) is 4.56. The van der Waals surface area contributed by atoms with E-state index < -0.39 is 17.9 Å². The molecule has 3 N–H and O–H groups in total. The van der Waals surface area contributed by atoms with Crippen LogP contribution in [0.15, 0.2) is 30.3 Å². The molecule has 0 fully saturated rings. The van der Waals surface area contributed by atoms with E-state index in [2.05, 4.69) is 16.0 Å². The van der Waals surface area contributed by atoms with Crippen LogP contribution in [0.25, 0.3) is 0 Å². The fraction of sp³-hybridized carbons (Fsp3) is 0.400. The molecule has 1 atom stereocenters. The quantitative estimate of drug-likeness (QED) is 0.621. The minimum Gasteiger partial charge on any atom is -0.484 e. The molecule has 1 aromatic carbocycles. The zero-order chi connectivity index (χ0) is 16.4. The van der Waals surface area contributed by atoms with Crippen molar-refractivity contribution in [2.75, 3.05) is 19.7 Å². The van der Waals surface area contributed by atoms with Gasteiger partial charge in [-0.1, -0.05) is 18.2 Å². The molecule has 7 nitrogen and oxygen atoms in total. The second kappa shape index (κ2) is 9.38. The molecule has 0 saturated carbocycles. The Labute approximate surface area is 129 Å². The van der Waals surface area contributed by atoms with Crippen LogP contribution in [0.1, 0.15) is 13.8 Å². The van der Waals surface area contributed by atoms with Gasteiger partial charge in [0.15, 0.2) is 6.61 Å². The third-order valence-electron chi connectivity index (χ3n) is 2.68. The summed E-state index contributed by atoms with van der Waals surface area (Å²) in [6, 6.07) is 8.24. The Kier molecular flexibility index (Phi) is 7.45. The Balaban J connectivity index is 2.23. The van der Waals surface area contributed by atoms with Crippen LogP contribution in [-0.4, -0.2) is 43.5 Å². The van der Waals surface area contributed by atoms with Crippen LogP contribution < -0.4 is 20.7 Å². The number of para-hydroxylation sites is 1. The number of carbonyl (C=O) groups is 3. The van der Waals surface area contributed by atoms with E-state index in [1.54, 1.807) is 38.1 Å². The summed E-state index contributed by atoms with van der Waals surface area (Å²) in [5, 5.41) is 7.50. The first-order valence-electron chi connectivity index (χ1n) is 7.04. The summed E-state index contributed by atoms with van der Waals surface area (Å²) in [5.74, 6) is -0.543. The molecule has 3 amide bonds. The lowest BCUT2D eigenvalue weighted by Crippen LogP contribution is -2.48. The van der Waals surface area contributed by atoms with Crippen molar-refractivity contribution < 1.29 is 19.1 Å². The SMILES string of the molecule is CCNC(=O)[C@@H](C)NC(=O)CNC(=O)COc1ccccc1. The first kappa shape index (κ1) is 17.5. The average Bonchev–Trinajstić information content (AvgIpc) is 2.52. The monoisotopic (exact) mass is 307 g/mol. The van der Waals surface area contributed by atoms with E-state index in [-0.39, 0.29) is 19.1 Å². The molecule has 7 heteroatoms. The van der Waals surface area contributed by atoms with E-state index in [0.29, 0.717) is 12.3 Å². The van der Waals surface area contributed by atoms with Crippen molar-refractivity contribution in [2.45, 2.75) is 19.9 Å². The molecule has 0 aliphatic carbocycles. The molecule has 0 saturated heterocycles. The topological polar surface area (TPSA) is 96.5 Å². The third kappa shape index (κ3) is 6.74. The summed E-state index contributed by atoms with van der Waals surface area (Å²) < 4.78 is 5.24. The van der Waals surface area contributed by atoms with Crippen molar-refractivity contribution in [1.29, 1.82) is 0 Å². The number of likely N-dealkylation sites (N-methyl/N-ethyl adjacent to an activating group) is 1. The van der Waals surface area contributed by atoms with Crippen molar-refractivity contribution in [3.63, 3.8) is 0 Å². The lowest BCUT2D eigenvalue weighted by molar-refractivity contribution is -0.129. The minimum absolute atomic E-state index is 0.177. The molecule has 120 valence electrons. The van der Waals surface area contributed by atoms with Crippen molar-refractivity contribution in [2.24, 2.45) is 0 Å². The van der Waals surface area contributed by atoms with E-state index in [4.69, 9.17) is 4.74 Å². The van der Waals surface area contributed by atoms with Crippen LogP contribution in [0, 0.1) is 0 Å². The Morgan fingerprint density at radius 1 is 1.09 bits per heavy atom. The molecular formula is C15H21N3O4. The maximum Gasteiger partial charge on any atom is 0.258 e. The van der Waals surface area contributed by atoms with Crippen LogP contribution in [0.3, 0.4) is 0 Å². The standard InChI is InChI=1S/C15H21N3O4/c1-3-16-15(21)11(2)18-13(19)9-17-14(20)10-22-12-7-5-4-6-8-12/h4-8,11H,3,9-10H2,1-2H3,(H,16,21)(H,17,20)(H,18,19)/t11-/m1/s1. The molecule has 0 aromatic heterocycles. The molecule has 0 bridgehead atoms. The van der Waals surface area contributed by atoms with Gasteiger partial charge in [0.1, 0.15) is 11.8 Å². The highest BCUT2D eigenvalue weighted by molar-refractivity contribution is 5.90. The fourth-order valence-corrected chi connectivity index (χ4v) is 1.58. The zero-order valence-electron chi connectivity index (χ0n) is 12.7. The number of benzene rings is 1. The van der Waals surface area contributed by atoms with Gasteiger partial charge in [-0.15, -0.1) is 0 Å². The molecule has 0 aliphatic heterocycles. The zero-order valence-corrected chi connectivity index (χ0v) is 12.7. The Morgan fingerprint density at radius 2 is 1.77 bits per heavy atom. The van der Waals surface area contributed by atoms with Crippen molar-refractivity contribution in [3.05, 3.63) is 30.3 Å². The molecule has 0 heterocycles. The maximum atomic E-state index is 11.6. The van der Waals surface area contributed by atoms with Crippen LogP contribution in [0.2, 0.25) is 0 Å². The smallest absolute Gasteiger partial charge is 0.258 e. The van der Waals surface area contributed by atoms with E-state index in [9.17, 15) is 14.4 Å². The lowest BCUT2D eigenvalue weighted by Gasteiger charge is -2.13. The molecule has 0 spiro atoms. The van der Waals surface area contributed by atoms with Crippen molar-refractivity contribution in [1.82, 2.24) is 16.0 Å². The van der Waals surface area contributed by atoms with Crippen LogP contribution in [-0.2, 0) is 14.4 Å². The Bertz CT molecular complexity index is 505. The predicted molar refractivity (Wildman–Crippen MR) is 81.2 cm³/mol. The fourth-order valence-electron chi connectivity index (χ4n) is 1.58. The summed E-state index contributed by atoms with van der Waals surface area (Å²) in [6.07, 6.45) is 0. The van der Waals surface area contributed by atoms with Crippen LogP contribution >= 0.6 is 0 Å². The summed E-state index contributed by atoms with van der Waals surface area (Å²) in [6.45, 7) is 3.47. The first-order chi connectivity index (χ1) is 10.5. The second-order valence-electron chi connectivity index (χ2n) is 4.56. The Morgan fingerprint density at radius 3 is 2.41 bits per heavy atom. The van der Waals surface area contributed by atoms with Crippen LogP contribution in [0.5, 0.6) is 5.75 Å². The highest BCUT2D eigenvalue weighted by Gasteiger charge is 2.15. The van der Waals surface area contributed by atoms with E-state index in [1.165, 1.54) is 0 Å². The van der Waals surface area contributed by atoms with Gasteiger partial charge in [0, 0.05) is 6.54 Å². The van der Waals surface area contributed by atoms with Crippen LogP contribution in [0.4, 0.5) is 0 Å². The predicted octanol–water partition coefficient (Wildman–Crippen LogP) is -0.178. The van der Waals surface area contributed by atoms with E-state index >= 15 is 0 Å². The van der Waals surface area contributed by atoms with E-state index in [0.717, 1.165) is 0 Å². The molecule has 22 heavy (non-hydrogen) atoms. The van der Waals surface area contributed by atoms with E-state index in [1.807, 2.05) is 6.07 Å². The third-order valence-corrected chi connectivity index (χ3v) is 2.68. The first-order valence-corrected chi connectivity index (χ1v) is 7.04. The molecule has 0 radical (unpaired) electrons. The van der Waals surface area contributed by atoms with Gasteiger partial charge in [-0.3, -0.25) is 14.4 Å². The molecule has 0 unspecified atom stereocenters. The van der Waals surface area contributed by atoms with Gasteiger partial charge >= 0.3 is 0 Å². The molecule has 0 aliphatic rings.